The number of rotatable bonds is 8. The Balaban J connectivity index is 1.86. The normalized spacial score (nSPS) is 13.1. The van der Waals surface area contributed by atoms with Crippen LogP contribution in [0.3, 0.4) is 0 Å². The van der Waals surface area contributed by atoms with Crippen molar-refractivity contribution >= 4 is 26.6 Å². The number of sulfone groups is 1. The van der Waals surface area contributed by atoms with Crippen molar-refractivity contribution < 1.29 is 13.2 Å². The lowest BCUT2D eigenvalue weighted by Crippen LogP contribution is -2.39. The molecule has 0 radical (unpaired) electrons. The summed E-state index contributed by atoms with van der Waals surface area (Å²) in [5.41, 5.74) is 2.32. The Kier molecular flexibility index (Phi) is 6.04. The van der Waals surface area contributed by atoms with E-state index in [1.165, 1.54) is 10.9 Å². The predicted octanol–water partition coefficient (Wildman–Crippen LogP) is 2.77. The molecule has 0 aliphatic heterocycles. The second-order valence-electron chi connectivity index (χ2n) is 6.27. The van der Waals surface area contributed by atoms with Gasteiger partial charge >= 0.3 is 0 Å². The number of H-pyrrole nitrogens is 1. The summed E-state index contributed by atoms with van der Waals surface area (Å²) in [6, 6.07) is 7.82. The van der Waals surface area contributed by atoms with Gasteiger partial charge in [0.1, 0.15) is 0 Å². The third kappa shape index (κ3) is 4.60. The zero-order valence-corrected chi connectivity index (χ0v) is 15.4. The molecule has 2 aromatic rings. The zero-order valence-electron chi connectivity index (χ0n) is 14.6. The van der Waals surface area contributed by atoms with Crippen molar-refractivity contribution in [3.05, 3.63) is 36.0 Å². The summed E-state index contributed by atoms with van der Waals surface area (Å²) in [5.74, 6) is 0.127. The first kappa shape index (κ1) is 18.5. The van der Waals surface area contributed by atoms with E-state index in [9.17, 15) is 13.2 Å². The number of aromatic amines is 1. The topological polar surface area (TPSA) is 70.2 Å². The minimum Gasteiger partial charge on any atom is -0.361 e. The molecule has 0 aliphatic rings. The third-order valence-corrected chi connectivity index (χ3v) is 6.37. The Morgan fingerprint density at radius 1 is 1.29 bits per heavy atom. The lowest BCUT2D eigenvalue weighted by Gasteiger charge is -2.24. The van der Waals surface area contributed by atoms with Crippen LogP contribution in [-0.2, 0) is 21.1 Å². The maximum atomic E-state index is 12.3. The number of para-hydroxylation sites is 1. The van der Waals surface area contributed by atoms with E-state index in [-0.39, 0.29) is 23.5 Å². The van der Waals surface area contributed by atoms with Crippen molar-refractivity contribution in [2.24, 2.45) is 0 Å². The van der Waals surface area contributed by atoms with Crippen LogP contribution >= 0.6 is 0 Å². The zero-order chi connectivity index (χ0) is 17.7. The average molecular weight is 350 g/mol. The van der Waals surface area contributed by atoms with Crippen LogP contribution in [0.2, 0.25) is 0 Å². The fraction of sp³-hybridized carbons (Fsp3) is 0.500. The van der Waals surface area contributed by atoms with Gasteiger partial charge in [-0.1, -0.05) is 25.1 Å². The summed E-state index contributed by atoms with van der Waals surface area (Å²) in [6.07, 6.45) is 3.99. The molecule has 1 atom stereocenters. The van der Waals surface area contributed by atoms with Crippen molar-refractivity contribution in [1.29, 1.82) is 0 Å². The highest BCUT2D eigenvalue weighted by molar-refractivity contribution is 7.91. The number of carbonyl (C=O) groups is 1. The van der Waals surface area contributed by atoms with Crippen molar-refractivity contribution in [3.63, 3.8) is 0 Å². The lowest BCUT2D eigenvalue weighted by molar-refractivity contribution is -0.131. The molecule has 0 aliphatic carbocycles. The summed E-state index contributed by atoms with van der Waals surface area (Å²) in [6.45, 7) is 3.41. The minimum absolute atomic E-state index is 0.00588. The van der Waals surface area contributed by atoms with E-state index in [0.29, 0.717) is 6.42 Å². The van der Waals surface area contributed by atoms with Crippen LogP contribution in [0.4, 0.5) is 0 Å². The number of amides is 1. The highest BCUT2D eigenvalue weighted by Gasteiger charge is 2.21. The molecular formula is C18H26N2O3S. The molecule has 2 rings (SSSR count). The van der Waals surface area contributed by atoms with Gasteiger partial charge in [-0.15, -0.1) is 0 Å². The average Bonchev–Trinajstić information content (AvgIpc) is 2.97. The number of carbonyl (C=O) groups excluding carboxylic acids is 1. The van der Waals surface area contributed by atoms with Crippen molar-refractivity contribution in [1.82, 2.24) is 9.88 Å². The Bertz CT molecular complexity index is 795. The number of fused-ring (bicyclic) bond motifs is 1. The molecule has 24 heavy (non-hydrogen) atoms. The molecule has 0 fully saturated rings. The number of benzene rings is 1. The highest BCUT2D eigenvalue weighted by Crippen LogP contribution is 2.19. The maximum absolute atomic E-state index is 12.3. The van der Waals surface area contributed by atoms with Crippen LogP contribution in [0.15, 0.2) is 30.5 Å². The SMILES string of the molecule is CCS(=O)(=O)CC(C)N(C)C(=O)CCCc1c[nH]c2ccccc12. The predicted molar refractivity (Wildman–Crippen MR) is 97.8 cm³/mol. The molecule has 132 valence electrons. The number of aromatic nitrogens is 1. The molecule has 0 saturated heterocycles. The Morgan fingerprint density at radius 3 is 2.71 bits per heavy atom. The van der Waals surface area contributed by atoms with Crippen LogP contribution in [-0.4, -0.2) is 48.8 Å². The molecule has 5 nitrogen and oxygen atoms in total. The van der Waals surface area contributed by atoms with Gasteiger partial charge in [0.25, 0.3) is 0 Å². The number of nitrogens with zero attached hydrogens (tertiary/aromatic N) is 1. The van der Waals surface area contributed by atoms with Gasteiger partial charge in [0.2, 0.25) is 5.91 Å². The van der Waals surface area contributed by atoms with Crippen molar-refractivity contribution in [3.8, 4) is 0 Å². The number of aryl methyl sites for hydroxylation is 1. The fourth-order valence-electron chi connectivity index (χ4n) is 2.79. The Hall–Kier alpha value is -1.82. The van der Waals surface area contributed by atoms with Gasteiger partial charge in [-0.3, -0.25) is 4.79 Å². The van der Waals surface area contributed by atoms with Crippen molar-refractivity contribution in [2.45, 2.75) is 39.2 Å². The van der Waals surface area contributed by atoms with Gasteiger partial charge in [-0.2, -0.15) is 0 Å². The molecule has 0 bridgehead atoms. The van der Waals surface area contributed by atoms with Crippen LogP contribution in [0.1, 0.15) is 32.3 Å². The van der Waals surface area contributed by atoms with E-state index in [1.54, 1.807) is 25.8 Å². The lowest BCUT2D eigenvalue weighted by atomic mass is 10.1. The standard InChI is InChI=1S/C18H26N2O3S/c1-4-24(22,23)13-14(2)20(3)18(21)11-7-8-15-12-19-17-10-6-5-9-16(15)17/h5-6,9-10,12,14,19H,4,7-8,11,13H2,1-3H3. The van der Waals surface area contributed by atoms with E-state index >= 15 is 0 Å². The molecule has 0 spiro atoms. The molecule has 0 saturated carbocycles. The Labute approximate surface area is 144 Å². The van der Waals surface area contributed by atoms with Gasteiger partial charge in [0.15, 0.2) is 9.84 Å². The summed E-state index contributed by atoms with van der Waals surface area (Å²) >= 11 is 0. The van der Waals surface area contributed by atoms with Gasteiger partial charge in [-0.25, -0.2) is 8.42 Å². The summed E-state index contributed by atoms with van der Waals surface area (Å²) in [7, 11) is -1.39. The molecule has 1 N–H and O–H groups in total. The first-order valence-corrected chi connectivity index (χ1v) is 10.2. The quantitative estimate of drug-likeness (QED) is 0.796. The summed E-state index contributed by atoms with van der Waals surface area (Å²) < 4.78 is 23.4. The monoisotopic (exact) mass is 350 g/mol. The van der Waals surface area contributed by atoms with E-state index in [4.69, 9.17) is 0 Å². The fourth-order valence-corrected chi connectivity index (χ4v) is 3.98. The van der Waals surface area contributed by atoms with Crippen LogP contribution < -0.4 is 0 Å². The number of nitrogens with one attached hydrogen (secondary N) is 1. The molecule has 1 amide bonds. The van der Waals surface area contributed by atoms with Gasteiger partial charge in [0.05, 0.1) is 5.75 Å². The molecule has 1 aromatic heterocycles. The summed E-state index contributed by atoms with van der Waals surface area (Å²) in [5, 5.41) is 1.20. The van der Waals surface area contributed by atoms with Crippen LogP contribution in [0.25, 0.3) is 10.9 Å². The van der Waals surface area contributed by atoms with E-state index in [0.717, 1.165) is 18.4 Å². The molecule has 1 aromatic carbocycles. The largest absolute Gasteiger partial charge is 0.361 e. The number of hydrogen-bond donors (Lipinski definition) is 1. The second-order valence-corrected chi connectivity index (χ2v) is 8.66. The van der Waals surface area contributed by atoms with E-state index in [1.807, 2.05) is 24.4 Å². The smallest absolute Gasteiger partial charge is 0.222 e. The van der Waals surface area contributed by atoms with Gasteiger partial charge in [-0.05, 0) is 31.4 Å². The van der Waals surface area contributed by atoms with E-state index < -0.39 is 9.84 Å². The first-order chi connectivity index (χ1) is 11.3. The number of hydrogen-bond acceptors (Lipinski definition) is 3. The van der Waals surface area contributed by atoms with Crippen LogP contribution in [0, 0.1) is 0 Å². The van der Waals surface area contributed by atoms with Gasteiger partial charge in [0, 0.05) is 42.4 Å². The first-order valence-electron chi connectivity index (χ1n) is 8.35. The molecule has 1 unspecified atom stereocenters. The molecular weight excluding hydrogens is 324 g/mol. The second kappa shape index (κ2) is 7.83. The molecule has 6 heteroatoms. The summed E-state index contributed by atoms with van der Waals surface area (Å²) in [4.78, 5) is 17.1. The van der Waals surface area contributed by atoms with Gasteiger partial charge < -0.3 is 9.88 Å². The third-order valence-electron chi connectivity index (χ3n) is 4.50. The minimum atomic E-state index is -3.08. The highest BCUT2D eigenvalue weighted by atomic mass is 32.2. The maximum Gasteiger partial charge on any atom is 0.222 e. The Morgan fingerprint density at radius 2 is 2.00 bits per heavy atom. The van der Waals surface area contributed by atoms with Crippen LogP contribution in [0.5, 0.6) is 0 Å². The molecule has 1 heterocycles. The van der Waals surface area contributed by atoms with Crippen molar-refractivity contribution in [2.75, 3.05) is 18.6 Å². The van der Waals surface area contributed by atoms with E-state index in [2.05, 4.69) is 11.1 Å².